The van der Waals surface area contributed by atoms with Crippen LogP contribution in [0.4, 0.5) is 0 Å². The molecule has 0 aliphatic carbocycles. The average molecular weight is 418 g/mol. The SMILES string of the molecule is COc1ccc(CCOC(=O)c2ccc(C)c(S(=O)(=O)N3CCCCC3)c2)cc1. The van der Waals surface area contributed by atoms with E-state index in [0.717, 1.165) is 30.6 Å². The van der Waals surface area contributed by atoms with E-state index < -0.39 is 16.0 Å². The summed E-state index contributed by atoms with van der Waals surface area (Å²) in [5.74, 6) is 0.251. The third-order valence-electron chi connectivity index (χ3n) is 5.14. The summed E-state index contributed by atoms with van der Waals surface area (Å²) in [7, 11) is -2.00. The molecule has 0 spiro atoms. The van der Waals surface area contributed by atoms with Gasteiger partial charge < -0.3 is 9.47 Å². The highest BCUT2D eigenvalue weighted by atomic mass is 32.2. The van der Waals surface area contributed by atoms with E-state index in [1.807, 2.05) is 24.3 Å². The first-order chi connectivity index (χ1) is 13.9. The molecular formula is C22H27NO5S. The van der Waals surface area contributed by atoms with Gasteiger partial charge in [0, 0.05) is 19.5 Å². The summed E-state index contributed by atoms with van der Waals surface area (Å²) in [6, 6.07) is 12.3. The van der Waals surface area contributed by atoms with Crippen LogP contribution in [0.3, 0.4) is 0 Å². The van der Waals surface area contributed by atoms with Crippen molar-refractivity contribution >= 4 is 16.0 Å². The molecule has 0 N–H and O–H groups in total. The van der Waals surface area contributed by atoms with Crippen molar-refractivity contribution < 1.29 is 22.7 Å². The van der Waals surface area contributed by atoms with Crippen LogP contribution in [-0.4, -0.2) is 45.5 Å². The number of aryl methyl sites for hydroxylation is 1. The van der Waals surface area contributed by atoms with E-state index in [2.05, 4.69) is 0 Å². The molecule has 0 radical (unpaired) electrons. The fourth-order valence-electron chi connectivity index (χ4n) is 3.39. The minimum absolute atomic E-state index is 0.184. The second-order valence-electron chi connectivity index (χ2n) is 7.18. The lowest BCUT2D eigenvalue weighted by molar-refractivity contribution is 0.0509. The van der Waals surface area contributed by atoms with Crippen molar-refractivity contribution in [2.45, 2.75) is 37.5 Å². The Morgan fingerprint density at radius 3 is 2.38 bits per heavy atom. The van der Waals surface area contributed by atoms with Gasteiger partial charge in [-0.2, -0.15) is 4.31 Å². The molecule has 1 fully saturated rings. The van der Waals surface area contributed by atoms with Crippen LogP contribution < -0.4 is 4.74 Å². The van der Waals surface area contributed by atoms with Crippen LogP contribution in [0.15, 0.2) is 47.4 Å². The number of rotatable bonds is 7. The van der Waals surface area contributed by atoms with Gasteiger partial charge in [-0.05, 0) is 55.2 Å². The summed E-state index contributed by atoms with van der Waals surface area (Å²) in [5.41, 5.74) is 1.90. The van der Waals surface area contributed by atoms with Gasteiger partial charge in [0.15, 0.2) is 0 Å². The number of hydrogen-bond donors (Lipinski definition) is 0. The lowest BCUT2D eigenvalue weighted by atomic mass is 10.1. The van der Waals surface area contributed by atoms with Gasteiger partial charge in [-0.25, -0.2) is 13.2 Å². The molecule has 2 aromatic rings. The summed E-state index contributed by atoms with van der Waals surface area (Å²) >= 11 is 0. The molecule has 7 heteroatoms. The Morgan fingerprint density at radius 1 is 1.03 bits per heavy atom. The summed E-state index contributed by atoms with van der Waals surface area (Å²) in [5, 5.41) is 0. The molecule has 0 unspecified atom stereocenters. The molecule has 29 heavy (non-hydrogen) atoms. The number of nitrogens with zero attached hydrogens (tertiary/aromatic N) is 1. The Kier molecular flexibility index (Phi) is 6.92. The number of piperidine rings is 1. The summed E-state index contributed by atoms with van der Waals surface area (Å²) in [4.78, 5) is 12.6. The number of carbonyl (C=O) groups excluding carboxylic acids is 1. The highest BCUT2D eigenvalue weighted by molar-refractivity contribution is 7.89. The van der Waals surface area contributed by atoms with Crippen LogP contribution >= 0.6 is 0 Å². The van der Waals surface area contributed by atoms with E-state index in [-0.39, 0.29) is 17.1 Å². The number of ether oxygens (including phenoxy) is 2. The monoisotopic (exact) mass is 417 g/mol. The molecule has 0 bridgehead atoms. The zero-order valence-electron chi connectivity index (χ0n) is 16.9. The standard InChI is InChI=1S/C22H27NO5S/c1-17-6-9-19(16-21(17)29(25,26)23-13-4-3-5-14-23)22(24)28-15-12-18-7-10-20(27-2)11-8-18/h6-11,16H,3-5,12-15H2,1-2H3. The predicted molar refractivity (Wildman–Crippen MR) is 111 cm³/mol. The fraction of sp³-hybridized carbons (Fsp3) is 0.409. The number of benzene rings is 2. The number of carbonyl (C=O) groups is 1. The zero-order valence-corrected chi connectivity index (χ0v) is 17.7. The molecule has 156 valence electrons. The first-order valence-electron chi connectivity index (χ1n) is 9.82. The van der Waals surface area contributed by atoms with Gasteiger partial charge in [0.25, 0.3) is 0 Å². The molecule has 1 aliphatic heterocycles. The van der Waals surface area contributed by atoms with Gasteiger partial charge in [-0.3, -0.25) is 0 Å². The van der Waals surface area contributed by atoms with Crippen molar-refractivity contribution in [1.29, 1.82) is 0 Å². The first kappa shape index (κ1) is 21.3. The van der Waals surface area contributed by atoms with Crippen molar-refractivity contribution in [2.24, 2.45) is 0 Å². The van der Waals surface area contributed by atoms with Crippen LogP contribution in [0.1, 0.15) is 40.7 Å². The second kappa shape index (κ2) is 9.41. The van der Waals surface area contributed by atoms with Gasteiger partial charge in [0.05, 0.1) is 24.2 Å². The molecule has 0 amide bonds. The highest BCUT2D eigenvalue weighted by Crippen LogP contribution is 2.24. The van der Waals surface area contributed by atoms with E-state index in [1.54, 1.807) is 26.2 Å². The molecule has 3 rings (SSSR count). The van der Waals surface area contributed by atoms with Crippen LogP contribution in [0.5, 0.6) is 5.75 Å². The van der Waals surface area contributed by atoms with Crippen molar-refractivity contribution in [3.63, 3.8) is 0 Å². The Balaban J connectivity index is 1.67. The van der Waals surface area contributed by atoms with Crippen LogP contribution in [-0.2, 0) is 21.2 Å². The smallest absolute Gasteiger partial charge is 0.338 e. The quantitative estimate of drug-likeness (QED) is 0.644. The summed E-state index contributed by atoms with van der Waals surface area (Å²) in [6.07, 6.45) is 3.35. The van der Waals surface area contributed by atoms with Gasteiger partial charge in [-0.1, -0.05) is 24.6 Å². The zero-order chi connectivity index (χ0) is 20.9. The predicted octanol–water partition coefficient (Wildman–Crippen LogP) is 3.58. The van der Waals surface area contributed by atoms with Crippen molar-refractivity contribution in [1.82, 2.24) is 4.31 Å². The van der Waals surface area contributed by atoms with Gasteiger partial charge >= 0.3 is 5.97 Å². The minimum atomic E-state index is -3.61. The fourth-order valence-corrected chi connectivity index (χ4v) is 5.15. The van der Waals surface area contributed by atoms with E-state index >= 15 is 0 Å². The van der Waals surface area contributed by atoms with Crippen LogP contribution in [0.2, 0.25) is 0 Å². The van der Waals surface area contributed by atoms with E-state index in [4.69, 9.17) is 9.47 Å². The minimum Gasteiger partial charge on any atom is -0.497 e. The van der Waals surface area contributed by atoms with Crippen molar-refractivity contribution in [3.8, 4) is 5.75 Å². The van der Waals surface area contributed by atoms with Crippen molar-refractivity contribution in [3.05, 3.63) is 59.2 Å². The molecule has 0 aromatic heterocycles. The Morgan fingerprint density at radius 2 is 1.72 bits per heavy atom. The number of hydrogen-bond acceptors (Lipinski definition) is 5. The third-order valence-corrected chi connectivity index (χ3v) is 7.18. The van der Waals surface area contributed by atoms with Crippen molar-refractivity contribution in [2.75, 3.05) is 26.8 Å². The molecule has 2 aromatic carbocycles. The Bertz CT molecular complexity index is 948. The molecule has 0 saturated carbocycles. The van der Waals surface area contributed by atoms with E-state index in [1.165, 1.54) is 10.4 Å². The lowest BCUT2D eigenvalue weighted by Crippen LogP contribution is -2.36. The topological polar surface area (TPSA) is 72.9 Å². The molecule has 1 saturated heterocycles. The molecule has 1 heterocycles. The Hall–Kier alpha value is -2.38. The largest absolute Gasteiger partial charge is 0.497 e. The number of methoxy groups -OCH3 is 1. The maximum absolute atomic E-state index is 13.0. The summed E-state index contributed by atoms with van der Waals surface area (Å²) in [6.45, 7) is 3.01. The summed E-state index contributed by atoms with van der Waals surface area (Å²) < 4.78 is 38.0. The second-order valence-corrected chi connectivity index (χ2v) is 9.09. The molecule has 0 atom stereocenters. The molecule has 6 nitrogen and oxygen atoms in total. The number of esters is 1. The Labute approximate surface area is 172 Å². The van der Waals surface area contributed by atoms with E-state index in [9.17, 15) is 13.2 Å². The highest BCUT2D eigenvalue weighted by Gasteiger charge is 2.28. The number of sulfonamides is 1. The maximum Gasteiger partial charge on any atom is 0.338 e. The lowest BCUT2D eigenvalue weighted by Gasteiger charge is -2.26. The average Bonchev–Trinajstić information content (AvgIpc) is 2.75. The van der Waals surface area contributed by atoms with Gasteiger partial charge in [0.2, 0.25) is 10.0 Å². The van der Waals surface area contributed by atoms with Crippen LogP contribution in [0, 0.1) is 6.92 Å². The molecular weight excluding hydrogens is 390 g/mol. The normalized spacial score (nSPS) is 15.1. The van der Waals surface area contributed by atoms with Gasteiger partial charge in [-0.15, -0.1) is 0 Å². The third kappa shape index (κ3) is 5.16. The van der Waals surface area contributed by atoms with Crippen LogP contribution in [0.25, 0.3) is 0 Å². The molecule has 1 aliphatic rings. The van der Waals surface area contributed by atoms with E-state index in [0.29, 0.717) is 25.1 Å². The van der Waals surface area contributed by atoms with Gasteiger partial charge in [0.1, 0.15) is 5.75 Å². The maximum atomic E-state index is 13.0. The first-order valence-corrected chi connectivity index (χ1v) is 11.3.